The second-order valence-electron chi connectivity index (χ2n) is 5.00. The topological polar surface area (TPSA) is 48.1 Å². The zero-order valence-electron chi connectivity index (χ0n) is 11.6. The molecule has 1 atom stereocenters. The van der Waals surface area contributed by atoms with Crippen molar-refractivity contribution >= 4 is 11.3 Å². The molecule has 1 aromatic carbocycles. The minimum atomic E-state index is 0.183. The predicted molar refractivity (Wildman–Crippen MR) is 79.7 cm³/mol. The molecule has 102 valence electrons. The van der Waals surface area contributed by atoms with Gasteiger partial charge in [-0.3, -0.25) is 4.98 Å². The molecule has 2 rings (SSSR count). The Kier molecular flexibility index (Phi) is 4.56. The Hall–Kier alpha value is -1.39. The lowest BCUT2D eigenvalue weighted by Gasteiger charge is -2.14. The van der Waals surface area contributed by atoms with E-state index in [0.717, 1.165) is 17.0 Å². The SMILES string of the molecule is Cc1cc(CC(C)N)cc(C)c1OCc1cncs1. The molecular weight excluding hydrogens is 256 g/mol. The molecule has 2 aromatic rings. The van der Waals surface area contributed by atoms with Crippen molar-refractivity contribution in [3.8, 4) is 5.75 Å². The van der Waals surface area contributed by atoms with Crippen LogP contribution in [0.4, 0.5) is 0 Å². The van der Waals surface area contributed by atoms with Gasteiger partial charge >= 0.3 is 0 Å². The zero-order valence-corrected chi connectivity index (χ0v) is 12.5. The standard InChI is InChI=1S/C15H20N2OS/c1-10-4-13(6-12(3)16)5-11(2)15(10)18-8-14-7-17-9-19-14/h4-5,7,9,12H,6,8,16H2,1-3H3. The Bertz CT molecular complexity index is 512. The van der Waals surface area contributed by atoms with Gasteiger partial charge in [-0.2, -0.15) is 0 Å². The number of aromatic nitrogens is 1. The molecule has 0 aliphatic carbocycles. The maximum Gasteiger partial charge on any atom is 0.125 e. The first-order valence-corrected chi connectivity index (χ1v) is 7.30. The molecule has 3 nitrogen and oxygen atoms in total. The average molecular weight is 276 g/mol. The normalized spacial score (nSPS) is 12.4. The first-order chi connectivity index (χ1) is 9.06. The van der Waals surface area contributed by atoms with Crippen LogP contribution in [0, 0.1) is 13.8 Å². The van der Waals surface area contributed by atoms with E-state index in [-0.39, 0.29) is 6.04 Å². The molecule has 0 saturated heterocycles. The monoisotopic (exact) mass is 276 g/mol. The van der Waals surface area contributed by atoms with Crippen LogP contribution in [0.25, 0.3) is 0 Å². The van der Waals surface area contributed by atoms with Gasteiger partial charge in [0, 0.05) is 12.2 Å². The van der Waals surface area contributed by atoms with Crippen LogP contribution in [0.3, 0.4) is 0 Å². The molecule has 0 aliphatic heterocycles. The van der Waals surface area contributed by atoms with E-state index in [4.69, 9.17) is 10.5 Å². The van der Waals surface area contributed by atoms with Crippen LogP contribution in [0.2, 0.25) is 0 Å². The van der Waals surface area contributed by atoms with E-state index < -0.39 is 0 Å². The van der Waals surface area contributed by atoms with Gasteiger partial charge in [0.05, 0.1) is 10.4 Å². The van der Waals surface area contributed by atoms with E-state index >= 15 is 0 Å². The molecule has 4 heteroatoms. The van der Waals surface area contributed by atoms with Gasteiger partial charge in [0.1, 0.15) is 12.4 Å². The Labute approximate surface area is 118 Å². The number of benzene rings is 1. The third kappa shape index (κ3) is 3.78. The lowest BCUT2D eigenvalue weighted by Crippen LogP contribution is -2.18. The zero-order chi connectivity index (χ0) is 13.8. The van der Waals surface area contributed by atoms with Crippen molar-refractivity contribution in [1.82, 2.24) is 4.98 Å². The van der Waals surface area contributed by atoms with E-state index in [1.54, 1.807) is 11.3 Å². The van der Waals surface area contributed by atoms with Crippen molar-refractivity contribution in [3.05, 3.63) is 45.4 Å². The molecule has 0 bridgehead atoms. The largest absolute Gasteiger partial charge is 0.487 e. The van der Waals surface area contributed by atoms with Gasteiger partial charge in [-0.05, 0) is 43.9 Å². The van der Waals surface area contributed by atoms with Crippen molar-refractivity contribution in [2.45, 2.75) is 39.8 Å². The Balaban J connectivity index is 2.12. The Morgan fingerprint density at radius 1 is 1.32 bits per heavy atom. The summed E-state index contributed by atoms with van der Waals surface area (Å²) in [5, 5.41) is 0. The van der Waals surface area contributed by atoms with Crippen molar-refractivity contribution < 1.29 is 4.74 Å². The van der Waals surface area contributed by atoms with E-state index in [1.165, 1.54) is 16.7 Å². The number of aryl methyl sites for hydroxylation is 2. The average Bonchev–Trinajstić information content (AvgIpc) is 2.79. The van der Waals surface area contributed by atoms with Gasteiger partial charge in [-0.1, -0.05) is 12.1 Å². The summed E-state index contributed by atoms with van der Waals surface area (Å²) in [6, 6.07) is 4.51. The van der Waals surface area contributed by atoms with Gasteiger partial charge in [0.25, 0.3) is 0 Å². The maximum atomic E-state index is 5.91. The van der Waals surface area contributed by atoms with Crippen LogP contribution < -0.4 is 10.5 Å². The number of nitrogens with two attached hydrogens (primary N) is 1. The van der Waals surface area contributed by atoms with Crippen LogP contribution >= 0.6 is 11.3 Å². The fraction of sp³-hybridized carbons (Fsp3) is 0.400. The van der Waals surface area contributed by atoms with Crippen LogP contribution in [0.1, 0.15) is 28.5 Å². The quantitative estimate of drug-likeness (QED) is 0.912. The summed E-state index contributed by atoms with van der Waals surface area (Å²) in [6.45, 7) is 6.78. The van der Waals surface area contributed by atoms with E-state index in [1.807, 2.05) is 18.6 Å². The highest BCUT2D eigenvalue weighted by atomic mass is 32.1. The second kappa shape index (κ2) is 6.17. The lowest BCUT2D eigenvalue weighted by molar-refractivity contribution is 0.305. The number of hydrogen-bond acceptors (Lipinski definition) is 4. The van der Waals surface area contributed by atoms with Gasteiger partial charge in [0.15, 0.2) is 0 Å². The van der Waals surface area contributed by atoms with E-state index in [9.17, 15) is 0 Å². The van der Waals surface area contributed by atoms with Crippen molar-refractivity contribution in [2.24, 2.45) is 5.73 Å². The highest BCUT2D eigenvalue weighted by Gasteiger charge is 2.08. The van der Waals surface area contributed by atoms with Crippen LogP contribution in [0.15, 0.2) is 23.8 Å². The minimum absolute atomic E-state index is 0.183. The van der Waals surface area contributed by atoms with E-state index in [2.05, 4.69) is 31.0 Å². The molecule has 19 heavy (non-hydrogen) atoms. The molecule has 1 heterocycles. The van der Waals surface area contributed by atoms with E-state index in [0.29, 0.717) is 6.61 Å². The minimum Gasteiger partial charge on any atom is -0.487 e. The third-order valence-electron chi connectivity index (χ3n) is 2.92. The number of thiazole rings is 1. The molecule has 0 spiro atoms. The van der Waals surface area contributed by atoms with Gasteiger partial charge in [-0.15, -0.1) is 11.3 Å². The number of ether oxygens (including phenoxy) is 1. The molecule has 0 radical (unpaired) electrons. The van der Waals surface area contributed by atoms with Crippen LogP contribution in [-0.2, 0) is 13.0 Å². The first kappa shape index (κ1) is 14.0. The summed E-state index contributed by atoms with van der Waals surface area (Å²) in [7, 11) is 0. The molecule has 0 amide bonds. The highest BCUT2D eigenvalue weighted by molar-refractivity contribution is 7.09. The summed E-state index contributed by atoms with van der Waals surface area (Å²) < 4.78 is 5.91. The van der Waals surface area contributed by atoms with Crippen LogP contribution in [-0.4, -0.2) is 11.0 Å². The molecule has 0 aliphatic rings. The highest BCUT2D eigenvalue weighted by Crippen LogP contribution is 2.26. The van der Waals surface area contributed by atoms with Crippen molar-refractivity contribution in [3.63, 3.8) is 0 Å². The smallest absolute Gasteiger partial charge is 0.125 e. The number of hydrogen-bond donors (Lipinski definition) is 1. The molecule has 1 aromatic heterocycles. The first-order valence-electron chi connectivity index (χ1n) is 6.42. The summed E-state index contributed by atoms with van der Waals surface area (Å²) in [6.07, 6.45) is 2.75. The Morgan fingerprint density at radius 2 is 2.00 bits per heavy atom. The third-order valence-corrected chi connectivity index (χ3v) is 3.67. The maximum absolute atomic E-state index is 5.91. The predicted octanol–water partition coefficient (Wildman–Crippen LogP) is 3.23. The van der Waals surface area contributed by atoms with Gasteiger partial charge < -0.3 is 10.5 Å². The molecular formula is C15H20N2OS. The second-order valence-corrected chi connectivity index (χ2v) is 5.97. The van der Waals surface area contributed by atoms with Crippen molar-refractivity contribution in [2.75, 3.05) is 0 Å². The summed E-state index contributed by atoms with van der Waals surface area (Å²) in [4.78, 5) is 5.19. The molecule has 2 N–H and O–H groups in total. The summed E-state index contributed by atoms with van der Waals surface area (Å²) in [5.41, 5.74) is 11.3. The summed E-state index contributed by atoms with van der Waals surface area (Å²) >= 11 is 1.61. The summed E-state index contributed by atoms with van der Waals surface area (Å²) in [5.74, 6) is 0.974. The fourth-order valence-corrected chi connectivity index (χ4v) is 2.72. The molecule has 0 saturated carbocycles. The molecule has 1 unspecified atom stereocenters. The van der Waals surface area contributed by atoms with Gasteiger partial charge in [0.2, 0.25) is 0 Å². The molecule has 0 fully saturated rings. The Morgan fingerprint density at radius 3 is 2.53 bits per heavy atom. The number of nitrogens with zero attached hydrogens (tertiary/aromatic N) is 1. The van der Waals surface area contributed by atoms with Crippen LogP contribution in [0.5, 0.6) is 5.75 Å². The van der Waals surface area contributed by atoms with Gasteiger partial charge in [-0.25, -0.2) is 0 Å². The van der Waals surface area contributed by atoms with Crippen molar-refractivity contribution in [1.29, 1.82) is 0 Å². The fourth-order valence-electron chi connectivity index (χ4n) is 2.21. The lowest BCUT2D eigenvalue weighted by atomic mass is 10.0. The number of rotatable bonds is 5.